The Labute approximate surface area is 450 Å². The Bertz CT molecular complexity index is 2670. The van der Waals surface area contributed by atoms with Crippen LogP contribution in [0, 0.1) is 5.92 Å². The molecule has 406 valence electrons. The number of imide groups is 1. The van der Waals surface area contributed by atoms with E-state index in [2.05, 4.69) is 50.0 Å². The van der Waals surface area contributed by atoms with E-state index in [0.717, 1.165) is 68.2 Å². The summed E-state index contributed by atoms with van der Waals surface area (Å²) in [4.78, 5) is 72.3. The largest absolute Gasteiger partial charge is 0.493 e. The molecule has 1 aliphatic carbocycles. The number of piperidine rings is 1. The molecular weight excluding hydrogens is 990 g/mol. The van der Waals surface area contributed by atoms with Crippen molar-refractivity contribution in [3.63, 3.8) is 0 Å². The van der Waals surface area contributed by atoms with Crippen molar-refractivity contribution in [2.75, 3.05) is 96.2 Å². The molecule has 2 saturated heterocycles. The van der Waals surface area contributed by atoms with Gasteiger partial charge >= 0.3 is 0 Å². The maximum absolute atomic E-state index is 14.0. The summed E-state index contributed by atoms with van der Waals surface area (Å²) in [6.45, 7) is 13.0. The minimum absolute atomic E-state index is 0.0182. The van der Waals surface area contributed by atoms with Crippen molar-refractivity contribution in [3.05, 3.63) is 117 Å². The number of hydrogen-bond acceptors (Lipinski definition) is 13. The molecule has 18 heteroatoms. The monoisotopic (exact) mass is 1060 g/mol. The topological polar surface area (TPSA) is 181 Å². The molecule has 1 saturated carbocycles. The molecular formula is C58H72ClN7O10. The highest BCUT2D eigenvalue weighted by atomic mass is 35.5. The molecule has 76 heavy (non-hydrogen) atoms. The molecule has 4 aromatic carbocycles. The van der Waals surface area contributed by atoms with Crippen molar-refractivity contribution < 1.29 is 47.7 Å². The van der Waals surface area contributed by atoms with Gasteiger partial charge in [0.25, 0.3) is 5.91 Å². The maximum atomic E-state index is 14.0. The van der Waals surface area contributed by atoms with Crippen LogP contribution in [0.1, 0.15) is 96.6 Å². The van der Waals surface area contributed by atoms with Crippen molar-refractivity contribution in [2.45, 2.75) is 96.1 Å². The molecule has 4 heterocycles. The maximum Gasteiger partial charge on any atom is 0.255 e. The second-order valence-electron chi connectivity index (χ2n) is 20.7. The van der Waals surface area contributed by atoms with Crippen LogP contribution in [0.25, 0.3) is 0 Å². The van der Waals surface area contributed by atoms with Gasteiger partial charge in [-0.25, -0.2) is 0 Å². The highest BCUT2D eigenvalue weighted by Gasteiger charge is 2.40. The minimum Gasteiger partial charge on any atom is -0.493 e. The van der Waals surface area contributed by atoms with E-state index in [1.807, 2.05) is 55.1 Å². The number of nitrogens with zero attached hydrogens (tertiary/aromatic N) is 4. The molecule has 4 aliphatic heterocycles. The van der Waals surface area contributed by atoms with Crippen molar-refractivity contribution in [1.29, 1.82) is 0 Å². The summed E-state index contributed by atoms with van der Waals surface area (Å²) < 4.78 is 28.9. The molecule has 2 atom stereocenters. The summed E-state index contributed by atoms with van der Waals surface area (Å²) in [6.07, 6.45) is 5.57. The van der Waals surface area contributed by atoms with Gasteiger partial charge in [0.1, 0.15) is 12.6 Å². The van der Waals surface area contributed by atoms with E-state index in [4.69, 9.17) is 35.3 Å². The molecule has 5 amide bonds. The van der Waals surface area contributed by atoms with Crippen molar-refractivity contribution in [2.24, 2.45) is 5.92 Å². The number of piperazine rings is 1. The molecule has 0 spiro atoms. The van der Waals surface area contributed by atoms with Crippen LogP contribution in [-0.4, -0.2) is 148 Å². The third-order valence-electron chi connectivity index (χ3n) is 15.2. The van der Waals surface area contributed by atoms with Crippen LogP contribution >= 0.6 is 11.6 Å². The van der Waals surface area contributed by atoms with Gasteiger partial charge in [0.15, 0.2) is 11.5 Å². The number of nitrogens with one attached hydrogen (secondary N) is 3. The Morgan fingerprint density at radius 3 is 2.25 bits per heavy atom. The van der Waals surface area contributed by atoms with E-state index in [1.54, 1.807) is 25.3 Å². The zero-order valence-electron chi connectivity index (χ0n) is 44.0. The van der Waals surface area contributed by atoms with Gasteiger partial charge in [-0.15, -0.1) is 0 Å². The lowest BCUT2D eigenvalue weighted by atomic mass is 9.85. The highest BCUT2D eigenvalue weighted by molar-refractivity contribution is 6.30. The summed E-state index contributed by atoms with van der Waals surface area (Å²) in [5.74, 6) is 0.470. The predicted molar refractivity (Wildman–Crippen MR) is 289 cm³/mol. The smallest absolute Gasteiger partial charge is 0.255 e. The fourth-order valence-corrected chi connectivity index (χ4v) is 11.4. The lowest BCUT2D eigenvalue weighted by Crippen LogP contribution is -2.52. The Kier molecular flexibility index (Phi) is 18.7. The molecule has 5 aliphatic rings. The summed E-state index contributed by atoms with van der Waals surface area (Å²) in [6, 6.07) is 24.7. The molecule has 3 fully saturated rings. The number of benzene rings is 4. The zero-order chi connectivity index (χ0) is 53.1. The van der Waals surface area contributed by atoms with Crippen molar-refractivity contribution >= 4 is 52.5 Å². The van der Waals surface area contributed by atoms with Crippen LogP contribution in [-0.2, 0) is 52.9 Å². The van der Waals surface area contributed by atoms with E-state index in [9.17, 15) is 24.0 Å². The van der Waals surface area contributed by atoms with E-state index < -0.39 is 11.9 Å². The number of anilines is 2. The second kappa shape index (κ2) is 25.9. The minimum atomic E-state index is -0.728. The molecule has 3 N–H and O–H groups in total. The Hall–Kier alpha value is -5.92. The lowest BCUT2D eigenvalue weighted by molar-refractivity contribution is -0.137. The van der Waals surface area contributed by atoms with Gasteiger partial charge in [-0.05, 0) is 129 Å². The second-order valence-corrected chi connectivity index (χ2v) is 21.1. The fourth-order valence-electron chi connectivity index (χ4n) is 11.3. The van der Waals surface area contributed by atoms with Crippen LogP contribution in [0.3, 0.4) is 0 Å². The SMILES string of the molecule is COc1cc2c(cc1OC(C)C)[C@H](c1ccc(Cl)cc1)N(c1ccc(CNCC3CCC(N4CCN(CCOCCOCCOCC(=O)Nc5cccc6c5CN(C5CCC(=O)NC5=O)C6=O)CC4)CC3)cc1)C(=O)C2. The third kappa shape index (κ3) is 13.6. The summed E-state index contributed by atoms with van der Waals surface area (Å²) in [5, 5.41) is 9.51. The first-order valence-electron chi connectivity index (χ1n) is 26.9. The lowest BCUT2D eigenvalue weighted by Gasteiger charge is -2.42. The summed E-state index contributed by atoms with van der Waals surface area (Å²) >= 11 is 6.32. The number of rotatable bonds is 23. The van der Waals surface area contributed by atoms with Crippen LogP contribution in [0.2, 0.25) is 5.02 Å². The van der Waals surface area contributed by atoms with Crippen LogP contribution in [0.5, 0.6) is 11.5 Å². The average Bonchev–Trinajstić information content (AvgIpc) is 3.79. The number of carbonyl (C=O) groups is 5. The molecule has 17 nitrogen and oxygen atoms in total. The number of methoxy groups -OCH3 is 1. The van der Waals surface area contributed by atoms with Gasteiger partial charge in [-0.1, -0.05) is 41.9 Å². The summed E-state index contributed by atoms with van der Waals surface area (Å²) in [7, 11) is 1.63. The zero-order valence-corrected chi connectivity index (χ0v) is 44.7. The number of halogens is 1. The normalized spacial score (nSPS) is 21.2. The molecule has 0 aromatic heterocycles. The number of ether oxygens (including phenoxy) is 5. The van der Waals surface area contributed by atoms with E-state index in [-0.39, 0.29) is 74.8 Å². The van der Waals surface area contributed by atoms with Crippen molar-refractivity contribution in [3.8, 4) is 11.5 Å². The van der Waals surface area contributed by atoms with Gasteiger partial charge < -0.3 is 44.1 Å². The van der Waals surface area contributed by atoms with Crippen LogP contribution in [0.4, 0.5) is 11.4 Å². The van der Waals surface area contributed by atoms with Gasteiger partial charge in [0.2, 0.25) is 23.6 Å². The third-order valence-corrected chi connectivity index (χ3v) is 15.5. The number of carbonyl (C=O) groups excluding carboxylic acids is 5. The van der Waals surface area contributed by atoms with E-state index in [0.29, 0.717) is 71.7 Å². The molecule has 0 radical (unpaired) electrons. The average molecular weight is 1060 g/mol. The van der Waals surface area contributed by atoms with Crippen molar-refractivity contribution in [1.82, 2.24) is 25.3 Å². The molecule has 0 bridgehead atoms. The Balaban J connectivity index is 0.618. The Morgan fingerprint density at radius 2 is 1.54 bits per heavy atom. The first kappa shape index (κ1) is 54.9. The van der Waals surface area contributed by atoms with Crippen LogP contribution < -0.4 is 30.3 Å². The number of amides is 5. The molecule has 1 unspecified atom stereocenters. The predicted octanol–water partition coefficient (Wildman–Crippen LogP) is 6.53. The first-order valence-corrected chi connectivity index (χ1v) is 27.3. The van der Waals surface area contributed by atoms with Gasteiger partial charge in [-0.3, -0.25) is 39.1 Å². The fraction of sp³-hybridized carbons (Fsp3) is 0.500. The Morgan fingerprint density at radius 1 is 0.816 bits per heavy atom. The van der Waals surface area contributed by atoms with Gasteiger partial charge in [-0.2, -0.15) is 0 Å². The standard InChI is InChI=1S/C58H72ClN7O10/c1-38(2)76-52-33-47-42(31-51(52)72-3)32-55(69)66(56(47)41-11-13-43(59)14-12-41)45-17-9-40(10-18-45)35-60-34-39-7-15-44(16-8-39)64-23-21-63(22-24-64)25-26-73-27-28-74-29-30-75-37-54(68)61-49-6-4-5-46-48(49)36-65(58(46)71)50-19-20-53(67)62-57(50)70/h4-6,9-14,17-18,31,33,38-39,44,50,56,60H,7-8,15-16,19-30,32,34-37H2,1-3H3,(H,61,68)(H,62,67,70)/t39?,44?,50?,56-/m0/s1. The summed E-state index contributed by atoms with van der Waals surface area (Å²) in [5.41, 5.74) is 6.48. The van der Waals surface area contributed by atoms with E-state index in [1.165, 1.54) is 36.1 Å². The molecule has 9 rings (SSSR count). The van der Waals surface area contributed by atoms with Gasteiger partial charge in [0, 0.05) is 85.8 Å². The van der Waals surface area contributed by atoms with Gasteiger partial charge in [0.05, 0.1) is 58.7 Å². The van der Waals surface area contributed by atoms with E-state index >= 15 is 0 Å². The quantitative estimate of drug-likeness (QED) is 0.0540. The highest BCUT2D eigenvalue weighted by Crippen LogP contribution is 2.44. The number of hydrogen-bond donors (Lipinski definition) is 3. The first-order chi connectivity index (χ1) is 36.9. The van der Waals surface area contributed by atoms with Crippen LogP contribution in [0.15, 0.2) is 78.9 Å². The molecule has 4 aromatic rings. The number of fused-ring (bicyclic) bond motifs is 2.